The minimum absolute atomic E-state index is 0.218. The largest absolute Gasteiger partial charge is 0.493 e. The summed E-state index contributed by atoms with van der Waals surface area (Å²) < 4.78 is 21.2. The predicted octanol–water partition coefficient (Wildman–Crippen LogP) is 3.22. The van der Waals surface area contributed by atoms with E-state index >= 15 is 0 Å². The summed E-state index contributed by atoms with van der Waals surface area (Å²) in [4.78, 5) is 16.0. The summed E-state index contributed by atoms with van der Waals surface area (Å²) in [6.07, 6.45) is 6.03. The molecule has 1 aromatic carbocycles. The molecule has 1 aromatic heterocycles. The molecule has 0 radical (unpaired) electrons. The van der Waals surface area contributed by atoms with E-state index in [1.165, 1.54) is 0 Å². The Balaban J connectivity index is 1.79. The van der Waals surface area contributed by atoms with E-state index in [9.17, 15) is 4.79 Å². The molecule has 6 heteroatoms. The van der Waals surface area contributed by atoms with Crippen LogP contribution in [0.15, 0.2) is 36.7 Å². The monoisotopic (exact) mass is 359 g/mol. The number of ether oxygens (including phenoxy) is 4. The molecule has 0 spiro atoms. The minimum Gasteiger partial charge on any atom is -0.493 e. The van der Waals surface area contributed by atoms with Crippen molar-refractivity contribution < 1.29 is 23.7 Å². The van der Waals surface area contributed by atoms with Gasteiger partial charge in [-0.25, -0.2) is 0 Å². The average Bonchev–Trinajstić information content (AvgIpc) is 2.69. The topological polar surface area (TPSA) is 66.9 Å². The van der Waals surface area contributed by atoms with Gasteiger partial charge in [0.15, 0.2) is 11.5 Å². The van der Waals surface area contributed by atoms with Gasteiger partial charge in [-0.1, -0.05) is 6.07 Å². The van der Waals surface area contributed by atoms with Crippen molar-refractivity contribution in [1.29, 1.82) is 0 Å². The van der Waals surface area contributed by atoms with E-state index in [2.05, 4.69) is 4.98 Å². The van der Waals surface area contributed by atoms with E-state index in [0.717, 1.165) is 24.0 Å². The van der Waals surface area contributed by atoms with Gasteiger partial charge < -0.3 is 18.9 Å². The number of carbonyl (C=O) groups excluding carboxylic acids is 1. The van der Waals surface area contributed by atoms with Crippen LogP contribution in [-0.4, -0.2) is 38.9 Å². The molecule has 0 atom stereocenters. The van der Waals surface area contributed by atoms with Gasteiger partial charge in [-0.15, -0.1) is 0 Å². The van der Waals surface area contributed by atoms with Gasteiger partial charge in [0.2, 0.25) is 5.75 Å². The van der Waals surface area contributed by atoms with Crippen molar-refractivity contribution in [3.63, 3.8) is 0 Å². The summed E-state index contributed by atoms with van der Waals surface area (Å²) in [5, 5.41) is 0. The van der Waals surface area contributed by atoms with Gasteiger partial charge in [0.25, 0.3) is 0 Å². The fourth-order valence-electron chi connectivity index (χ4n) is 2.61. The maximum Gasteiger partial charge on any atom is 0.306 e. The number of pyridine rings is 1. The molecule has 2 aromatic rings. The van der Waals surface area contributed by atoms with Gasteiger partial charge in [0.1, 0.15) is 0 Å². The first-order chi connectivity index (χ1) is 12.7. The molecule has 0 amide bonds. The van der Waals surface area contributed by atoms with Crippen LogP contribution in [0.25, 0.3) is 0 Å². The first-order valence-electron chi connectivity index (χ1n) is 8.51. The molecule has 0 bridgehead atoms. The highest BCUT2D eigenvalue weighted by Crippen LogP contribution is 2.38. The lowest BCUT2D eigenvalue weighted by atomic mass is 10.1. The molecule has 0 N–H and O–H groups in total. The van der Waals surface area contributed by atoms with Crippen LogP contribution in [0.1, 0.15) is 24.0 Å². The van der Waals surface area contributed by atoms with E-state index in [1.54, 1.807) is 27.5 Å². The first kappa shape index (κ1) is 19.6. The van der Waals surface area contributed by atoms with Crippen LogP contribution in [-0.2, 0) is 22.4 Å². The summed E-state index contributed by atoms with van der Waals surface area (Å²) in [7, 11) is 4.69. The lowest BCUT2D eigenvalue weighted by Gasteiger charge is -2.14. The van der Waals surface area contributed by atoms with Gasteiger partial charge in [0.05, 0.1) is 27.9 Å². The normalized spacial score (nSPS) is 10.3. The lowest BCUT2D eigenvalue weighted by molar-refractivity contribution is -0.143. The number of hydrogen-bond acceptors (Lipinski definition) is 6. The van der Waals surface area contributed by atoms with Crippen molar-refractivity contribution in [1.82, 2.24) is 4.98 Å². The van der Waals surface area contributed by atoms with Crippen molar-refractivity contribution in [2.24, 2.45) is 0 Å². The Labute approximate surface area is 154 Å². The van der Waals surface area contributed by atoms with Crippen LogP contribution < -0.4 is 14.2 Å². The quantitative estimate of drug-likeness (QED) is 0.479. The predicted molar refractivity (Wildman–Crippen MR) is 97.9 cm³/mol. The third-order valence-corrected chi connectivity index (χ3v) is 3.94. The zero-order chi connectivity index (χ0) is 18.8. The third-order valence-electron chi connectivity index (χ3n) is 3.94. The molecular weight excluding hydrogens is 334 g/mol. The fraction of sp³-hybridized carbons (Fsp3) is 0.400. The molecule has 0 fully saturated rings. The van der Waals surface area contributed by atoms with Gasteiger partial charge in [-0.05, 0) is 48.6 Å². The molecule has 2 rings (SSSR count). The van der Waals surface area contributed by atoms with Crippen LogP contribution >= 0.6 is 0 Å². The van der Waals surface area contributed by atoms with E-state index in [0.29, 0.717) is 36.7 Å². The smallest absolute Gasteiger partial charge is 0.306 e. The summed E-state index contributed by atoms with van der Waals surface area (Å²) in [6.45, 7) is 0.406. The number of benzene rings is 1. The third kappa shape index (κ3) is 5.65. The molecule has 0 aliphatic carbocycles. The number of carbonyl (C=O) groups is 1. The van der Waals surface area contributed by atoms with E-state index < -0.39 is 0 Å². The average molecular weight is 359 g/mol. The van der Waals surface area contributed by atoms with E-state index in [-0.39, 0.29) is 5.97 Å². The number of aryl methyl sites for hydroxylation is 2. The minimum atomic E-state index is -0.218. The Bertz CT molecular complexity index is 678. The zero-order valence-electron chi connectivity index (χ0n) is 15.5. The summed E-state index contributed by atoms with van der Waals surface area (Å²) in [5.74, 6) is 1.47. The highest BCUT2D eigenvalue weighted by molar-refractivity contribution is 5.70. The molecule has 1 heterocycles. The lowest BCUT2D eigenvalue weighted by Crippen LogP contribution is -2.08. The highest BCUT2D eigenvalue weighted by atomic mass is 16.5. The molecule has 26 heavy (non-hydrogen) atoms. The van der Waals surface area contributed by atoms with Crippen LogP contribution in [0, 0.1) is 0 Å². The van der Waals surface area contributed by atoms with Crippen LogP contribution in [0.5, 0.6) is 17.2 Å². The molecule has 0 aliphatic heterocycles. The highest BCUT2D eigenvalue weighted by Gasteiger charge is 2.14. The second-order valence-corrected chi connectivity index (χ2v) is 5.72. The standard InChI is InChI=1S/C20H25NO5/c1-23-17-12-16(13-18(24-2)20(17)25-3)8-9-19(22)26-11-5-7-15-6-4-10-21-14-15/h4,6,10,12-14H,5,7-9,11H2,1-3H3. The number of hydrogen-bond donors (Lipinski definition) is 0. The number of esters is 1. The zero-order valence-corrected chi connectivity index (χ0v) is 15.5. The summed E-state index contributed by atoms with van der Waals surface area (Å²) >= 11 is 0. The number of methoxy groups -OCH3 is 3. The Morgan fingerprint density at radius 1 is 1.00 bits per heavy atom. The molecule has 0 saturated carbocycles. The molecular formula is C20H25NO5. The van der Waals surface area contributed by atoms with Gasteiger partial charge in [0, 0.05) is 18.8 Å². The van der Waals surface area contributed by atoms with Gasteiger partial charge >= 0.3 is 5.97 Å². The van der Waals surface area contributed by atoms with Gasteiger partial charge in [-0.3, -0.25) is 9.78 Å². The Morgan fingerprint density at radius 3 is 2.31 bits per heavy atom. The van der Waals surface area contributed by atoms with Crippen LogP contribution in [0.3, 0.4) is 0 Å². The van der Waals surface area contributed by atoms with Crippen molar-refractivity contribution >= 4 is 5.97 Å². The van der Waals surface area contributed by atoms with Gasteiger partial charge in [-0.2, -0.15) is 0 Å². The molecule has 0 unspecified atom stereocenters. The number of nitrogens with zero attached hydrogens (tertiary/aromatic N) is 1. The number of aromatic nitrogens is 1. The number of rotatable bonds is 10. The molecule has 6 nitrogen and oxygen atoms in total. The maximum absolute atomic E-state index is 11.9. The second kappa shape index (κ2) is 10.3. The molecule has 0 saturated heterocycles. The Morgan fingerprint density at radius 2 is 1.73 bits per heavy atom. The SMILES string of the molecule is COc1cc(CCC(=O)OCCCc2cccnc2)cc(OC)c1OC. The van der Waals surface area contributed by atoms with Crippen molar-refractivity contribution in [3.8, 4) is 17.2 Å². The van der Waals surface area contributed by atoms with E-state index in [4.69, 9.17) is 18.9 Å². The first-order valence-corrected chi connectivity index (χ1v) is 8.51. The maximum atomic E-state index is 11.9. The second-order valence-electron chi connectivity index (χ2n) is 5.72. The van der Waals surface area contributed by atoms with Crippen molar-refractivity contribution in [3.05, 3.63) is 47.8 Å². The van der Waals surface area contributed by atoms with E-state index in [1.807, 2.05) is 30.5 Å². The summed E-state index contributed by atoms with van der Waals surface area (Å²) in [5.41, 5.74) is 2.06. The summed E-state index contributed by atoms with van der Waals surface area (Å²) in [6, 6.07) is 7.60. The Kier molecular flexibility index (Phi) is 7.74. The molecule has 140 valence electrons. The van der Waals surface area contributed by atoms with Crippen LogP contribution in [0.4, 0.5) is 0 Å². The Hall–Kier alpha value is -2.76. The van der Waals surface area contributed by atoms with Crippen molar-refractivity contribution in [2.45, 2.75) is 25.7 Å². The fourth-order valence-corrected chi connectivity index (χ4v) is 2.61. The molecule has 0 aliphatic rings. The van der Waals surface area contributed by atoms with Crippen LogP contribution in [0.2, 0.25) is 0 Å². The van der Waals surface area contributed by atoms with Crippen molar-refractivity contribution in [2.75, 3.05) is 27.9 Å².